The summed E-state index contributed by atoms with van der Waals surface area (Å²) in [5, 5.41) is 0. The van der Waals surface area contributed by atoms with Gasteiger partial charge in [-0.1, -0.05) is 6.92 Å². The summed E-state index contributed by atoms with van der Waals surface area (Å²) < 4.78 is 0. The lowest BCUT2D eigenvalue weighted by Gasteiger charge is -2.13. The molecule has 1 aromatic rings. The molecule has 0 saturated heterocycles. The number of nitrogens with zero attached hydrogens (tertiary/aromatic N) is 3. The topological polar surface area (TPSA) is 67.1 Å². The van der Waals surface area contributed by atoms with Crippen molar-refractivity contribution < 1.29 is 0 Å². The fourth-order valence-electron chi connectivity index (χ4n) is 1.45. The van der Waals surface area contributed by atoms with Gasteiger partial charge in [0.1, 0.15) is 11.6 Å². The second kappa shape index (κ2) is 5.04. The van der Waals surface area contributed by atoms with Crippen LogP contribution in [0.5, 0.6) is 0 Å². The highest BCUT2D eigenvalue weighted by Gasteiger charge is 2.09. The number of rotatable bonds is 4. The van der Waals surface area contributed by atoms with Crippen molar-refractivity contribution in [2.45, 2.75) is 26.8 Å². The Morgan fingerprint density at radius 1 is 1.33 bits per heavy atom. The van der Waals surface area contributed by atoms with Crippen LogP contribution in [0.25, 0.3) is 0 Å². The molecule has 1 aromatic heterocycles. The highest BCUT2D eigenvalue weighted by molar-refractivity contribution is 5.44. The zero-order valence-electron chi connectivity index (χ0n) is 9.83. The molecule has 0 spiro atoms. The van der Waals surface area contributed by atoms with Crippen LogP contribution in [0, 0.1) is 6.92 Å². The third kappa shape index (κ3) is 2.87. The molecule has 0 unspecified atom stereocenters. The van der Waals surface area contributed by atoms with Crippen LogP contribution in [-0.4, -0.2) is 29.0 Å². The van der Waals surface area contributed by atoms with Crippen LogP contribution in [0.3, 0.4) is 0 Å². The number of nitrogen functional groups attached to an aromatic ring is 1. The summed E-state index contributed by atoms with van der Waals surface area (Å²) in [6, 6.07) is 0. The van der Waals surface area contributed by atoms with E-state index in [1.165, 1.54) is 0 Å². The van der Waals surface area contributed by atoms with Gasteiger partial charge in [-0.2, -0.15) is 0 Å². The van der Waals surface area contributed by atoms with E-state index in [1.54, 1.807) is 0 Å². The molecule has 0 fully saturated rings. The summed E-state index contributed by atoms with van der Waals surface area (Å²) in [6.07, 6.45) is 0.892. The van der Waals surface area contributed by atoms with Crippen molar-refractivity contribution in [3.05, 3.63) is 17.1 Å². The van der Waals surface area contributed by atoms with Gasteiger partial charge in [0.25, 0.3) is 0 Å². The van der Waals surface area contributed by atoms with Crippen molar-refractivity contribution in [1.29, 1.82) is 0 Å². The summed E-state index contributed by atoms with van der Waals surface area (Å²) in [5.41, 5.74) is 4.69. The molecular weight excluding hydrogens is 190 g/mol. The number of aryl methyl sites for hydroxylation is 1. The molecule has 5 nitrogen and oxygen atoms in total. The van der Waals surface area contributed by atoms with E-state index < -0.39 is 0 Å². The number of hydrogen-bond donors (Lipinski definition) is 2. The lowest BCUT2D eigenvalue weighted by atomic mass is 10.2. The number of anilines is 1. The van der Waals surface area contributed by atoms with Gasteiger partial charge in [0, 0.05) is 11.3 Å². The van der Waals surface area contributed by atoms with Crippen molar-refractivity contribution in [3.8, 4) is 0 Å². The van der Waals surface area contributed by atoms with E-state index in [1.807, 2.05) is 25.9 Å². The lowest BCUT2D eigenvalue weighted by Crippen LogP contribution is -2.18. The van der Waals surface area contributed by atoms with Crippen LogP contribution < -0.4 is 11.3 Å². The molecule has 0 aliphatic rings. The summed E-state index contributed by atoms with van der Waals surface area (Å²) in [6.45, 7) is 4.78. The molecule has 0 amide bonds. The number of hydrogen-bond acceptors (Lipinski definition) is 5. The fourth-order valence-corrected chi connectivity index (χ4v) is 1.45. The molecule has 1 heterocycles. The van der Waals surface area contributed by atoms with Crippen molar-refractivity contribution >= 4 is 5.82 Å². The van der Waals surface area contributed by atoms with Gasteiger partial charge in [-0.05, 0) is 27.4 Å². The van der Waals surface area contributed by atoms with Crippen LogP contribution in [0.15, 0.2) is 0 Å². The maximum absolute atomic E-state index is 5.42. The van der Waals surface area contributed by atoms with Crippen LogP contribution in [0.2, 0.25) is 0 Å². The van der Waals surface area contributed by atoms with Gasteiger partial charge in [-0.15, -0.1) is 0 Å². The predicted molar refractivity (Wildman–Crippen MR) is 61.3 cm³/mol. The molecule has 0 saturated carbocycles. The Labute approximate surface area is 90.7 Å². The van der Waals surface area contributed by atoms with Crippen molar-refractivity contribution in [3.63, 3.8) is 0 Å². The monoisotopic (exact) mass is 209 g/mol. The Morgan fingerprint density at radius 3 is 2.47 bits per heavy atom. The molecule has 15 heavy (non-hydrogen) atoms. The minimum absolute atomic E-state index is 0.721. The van der Waals surface area contributed by atoms with Crippen LogP contribution >= 0.6 is 0 Å². The number of nitrogens with two attached hydrogens (primary N) is 1. The first kappa shape index (κ1) is 11.9. The van der Waals surface area contributed by atoms with Gasteiger partial charge in [0.2, 0.25) is 0 Å². The molecule has 0 radical (unpaired) electrons. The predicted octanol–water partition coefficient (Wildman–Crippen LogP) is 0.695. The molecule has 1 rings (SSSR count). The highest BCUT2D eigenvalue weighted by atomic mass is 15.3. The Hall–Kier alpha value is -1.20. The minimum atomic E-state index is 0.721. The number of nitrogens with one attached hydrogen (secondary N) is 1. The smallest absolute Gasteiger partial charge is 0.146 e. The Morgan fingerprint density at radius 2 is 2.00 bits per heavy atom. The summed E-state index contributed by atoms with van der Waals surface area (Å²) >= 11 is 0. The number of aromatic nitrogens is 2. The van der Waals surface area contributed by atoms with Crippen molar-refractivity contribution in [2.24, 2.45) is 5.84 Å². The molecule has 0 bridgehead atoms. The number of hydrazine groups is 1. The largest absolute Gasteiger partial charge is 0.308 e. The van der Waals surface area contributed by atoms with Gasteiger partial charge in [-0.25, -0.2) is 15.8 Å². The van der Waals surface area contributed by atoms with Crippen molar-refractivity contribution in [1.82, 2.24) is 14.9 Å². The van der Waals surface area contributed by atoms with E-state index in [9.17, 15) is 0 Å². The molecule has 84 valence electrons. The van der Waals surface area contributed by atoms with E-state index in [0.717, 1.165) is 35.9 Å². The Balaban J connectivity index is 3.09. The molecule has 3 N–H and O–H groups in total. The molecule has 0 aliphatic carbocycles. The molecular formula is C10H19N5. The first-order valence-corrected chi connectivity index (χ1v) is 5.06. The quantitative estimate of drug-likeness (QED) is 0.564. The zero-order valence-corrected chi connectivity index (χ0v) is 9.83. The van der Waals surface area contributed by atoms with Gasteiger partial charge in [0.05, 0.1) is 6.54 Å². The average Bonchev–Trinajstić information content (AvgIpc) is 2.19. The van der Waals surface area contributed by atoms with E-state index in [4.69, 9.17) is 5.84 Å². The van der Waals surface area contributed by atoms with Crippen LogP contribution in [-0.2, 0) is 13.0 Å². The first-order valence-electron chi connectivity index (χ1n) is 5.06. The Kier molecular flexibility index (Phi) is 3.99. The summed E-state index contributed by atoms with van der Waals surface area (Å²) in [5.74, 6) is 6.94. The maximum Gasteiger partial charge on any atom is 0.146 e. The third-order valence-electron chi connectivity index (χ3n) is 2.22. The van der Waals surface area contributed by atoms with Gasteiger partial charge < -0.3 is 10.3 Å². The maximum atomic E-state index is 5.42. The SMILES string of the molecule is CCc1nc(CN(C)C)nc(NN)c1C. The first-order chi connectivity index (χ1) is 7.08. The normalized spacial score (nSPS) is 10.8. The Bertz CT molecular complexity index is 310. The second-order valence-corrected chi connectivity index (χ2v) is 3.80. The van der Waals surface area contributed by atoms with Gasteiger partial charge in [-0.3, -0.25) is 0 Å². The molecule has 0 aromatic carbocycles. The standard InChI is InChI=1S/C10H19N5/c1-5-8-7(2)10(14-11)13-9(12-8)6-15(3)4/h5-6,11H2,1-4H3,(H,12,13,14). The van der Waals surface area contributed by atoms with E-state index in [-0.39, 0.29) is 0 Å². The third-order valence-corrected chi connectivity index (χ3v) is 2.22. The van der Waals surface area contributed by atoms with Crippen LogP contribution in [0.1, 0.15) is 24.0 Å². The average molecular weight is 209 g/mol. The van der Waals surface area contributed by atoms with Crippen LogP contribution in [0.4, 0.5) is 5.82 Å². The van der Waals surface area contributed by atoms with Gasteiger partial charge >= 0.3 is 0 Å². The van der Waals surface area contributed by atoms with Crippen molar-refractivity contribution in [2.75, 3.05) is 19.5 Å². The summed E-state index contributed by atoms with van der Waals surface area (Å²) in [7, 11) is 3.98. The fraction of sp³-hybridized carbons (Fsp3) is 0.600. The zero-order chi connectivity index (χ0) is 11.4. The van der Waals surface area contributed by atoms with E-state index in [0.29, 0.717) is 0 Å². The van der Waals surface area contributed by atoms with Gasteiger partial charge in [0.15, 0.2) is 0 Å². The van der Waals surface area contributed by atoms with E-state index >= 15 is 0 Å². The highest BCUT2D eigenvalue weighted by Crippen LogP contribution is 2.15. The lowest BCUT2D eigenvalue weighted by molar-refractivity contribution is 0.390. The van der Waals surface area contributed by atoms with E-state index in [2.05, 4.69) is 22.3 Å². The molecule has 0 atom stereocenters. The molecule has 5 heteroatoms. The second-order valence-electron chi connectivity index (χ2n) is 3.80. The summed E-state index contributed by atoms with van der Waals surface area (Å²) in [4.78, 5) is 10.9. The minimum Gasteiger partial charge on any atom is -0.308 e. The molecule has 0 aliphatic heterocycles.